The summed E-state index contributed by atoms with van der Waals surface area (Å²) in [6.45, 7) is 5.56. The number of halogens is 2. The third kappa shape index (κ3) is 4.25. The Morgan fingerprint density at radius 1 is 1.29 bits per heavy atom. The Kier molecular flexibility index (Phi) is 5.29. The maximum absolute atomic E-state index is 6.16. The number of benzene rings is 1. The lowest BCUT2D eigenvalue weighted by Crippen LogP contribution is -2.29. The number of likely N-dealkylation sites (tertiary alicyclic amines) is 1. The number of nitrogens with zero attached hydrogens (tertiary/aromatic N) is 1. The van der Waals surface area contributed by atoms with Crippen LogP contribution in [0.4, 0.5) is 0 Å². The quantitative estimate of drug-likeness (QED) is 0.838. The Bertz CT molecular complexity index is 364. The van der Waals surface area contributed by atoms with E-state index in [1.54, 1.807) is 0 Å². The first kappa shape index (κ1) is 13.3. The van der Waals surface area contributed by atoms with E-state index in [4.69, 9.17) is 11.6 Å². The zero-order valence-electron chi connectivity index (χ0n) is 9.88. The third-order valence-electron chi connectivity index (χ3n) is 3.13. The fourth-order valence-electron chi connectivity index (χ4n) is 2.13. The van der Waals surface area contributed by atoms with Crippen molar-refractivity contribution in [1.82, 2.24) is 10.2 Å². The molecule has 4 heteroatoms. The first-order valence-corrected chi connectivity index (χ1v) is 7.30. The van der Waals surface area contributed by atoms with Gasteiger partial charge in [0.05, 0.1) is 0 Å². The summed E-state index contributed by atoms with van der Waals surface area (Å²) in [5, 5.41) is 4.27. The molecule has 2 nitrogen and oxygen atoms in total. The van der Waals surface area contributed by atoms with E-state index >= 15 is 0 Å². The van der Waals surface area contributed by atoms with Crippen LogP contribution in [0, 0.1) is 0 Å². The summed E-state index contributed by atoms with van der Waals surface area (Å²) in [7, 11) is 0. The molecule has 0 aromatic heterocycles. The Labute approximate surface area is 116 Å². The zero-order valence-corrected chi connectivity index (χ0v) is 12.2. The molecule has 0 saturated carbocycles. The summed E-state index contributed by atoms with van der Waals surface area (Å²) >= 11 is 9.57. The predicted molar refractivity (Wildman–Crippen MR) is 76.5 cm³/mol. The Balaban J connectivity index is 1.70. The van der Waals surface area contributed by atoms with Crippen LogP contribution in [0.1, 0.15) is 18.4 Å². The molecule has 1 aromatic carbocycles. The van der Waals surface area contributed by atoms with Gasteiger partial charge in [-0.2, -0.15) is 0 Å². The summed E-state index contributed by atoms with van der Waals surface area (Å²) in [5.41, 5.74) is 1.16. The van der Waals surface area contributed by atoms with Crippen LogP contribution in [0.2, 0.25) is 5.02 Å². The number of hydrogen-bond acceptors (Lipinski definition) is 2. The highest BCUT2D eigenvalue weighted by atomic mass is 79.9. The Morgan fingerprint density at radius 2 is 2.06 bits per heavy atom. The molecule has 1 heterocycles. The lowest BCUT2D eigenvalue weighted by Gasteiger charge is -2.15. The fraction of sp³-hybridized carbons (Fsp3) is 0.538. The first-order valence-electron chi connectivity index (χ1n) is 6.13. The van der Waals surface area contributed by atoms with Gasteiger partial charge in [-0.05, 0) is 43.6 Å². The van der Waals surface area contributed by atoms with Gasteiger partial charge in [0.1, 0.15) is 0 Å². The molecule has 1 aromatic rings. The van der Waals surface area contributed by atoms with Gasteiger partial charge >= 0.3 is 0 Å². The van der Waals surface area contributed by atoms with Crippen molar-refractivity contribution in [2.45, 2.75) is 19.4 Å². The van der Waals surface area contributed by atoms with E-state index in [1.165, 1.54) is 25.9 Å². The predicted octanol–water partition coefficient (Wildman–Crippen LogP) is 3.29. The van der Waals surface area contributed by atoms with Gasteiger partial charge in [0.2, 0.25) is 0 Å². The molecule has 94 valence electrons. The molecule has 0 unspecified atom stereocenters. The maximum Gasteiger partial charge on any atom is 0.0462 e. The highest BCUT2D eigenvalue weighted by molar-refractivity contribution is 9.10. The fourth-order valence-corrected chi connectivity index (χ4v) is 2.87. The van der Waals surface area contributed by atoms with Crippen molar-refractivity contribution in [2.24, 2.45) is 0 Å². The van der Waals surface area contributed by atoms with E-state index in [0.717, 1.165) is 34.7 Å². The average molecular weight is 318 g/mol. The van der Waals surface area contributed by atoms with Crippen LogP contribution in [0.3, 0.4) is 0 Å². The van der Waals surface area contributed by atoms with E-state index in [0.29, 0.717) is 0 Å². The molecule has 0 bridgehead atoms. The smallest absolute Gasteiger partial charge is 0.0462 e. The highest BCUT2D eigenvalue weighted by Crippen LogP contribution is 2.21. The molecule has 0 radical (unpaired) electrons. The van der Waals surface area contributed by atoms with Crippen LogP contribution < -0.4 is 5.32 Å². The van der Waals surface area contributed by atoms with Gasteiger partial charge in [-0.25, -0.2) is 0 Å². The lowest BCUT2D eigenvalue weighted by molar-refractivity contribution is 0.335. The van der Waals surface area contributed by atoms with Crippen LogP contribution >= 0.6 is 27.5 Å². The van der Waals surface area contributed by atoms with E-state index in [1.807, 2.05) is 12.1 Å². The van der Waals surface area contributed by atoms with Crippen LogP contribution in [-0.4, -0.2) is 31.1 Å². The zero-order chi connectivity index (χ0) is 12.1. The second kappa shape index (κ2) is 6.74. The van der Waals surface area contributed by atoms with E-state index < -0.39 is 0 Å². The largest absolute Gasteiger partial charge is 0.311 e. The second-order valence-electron chi connectivity index (χ2n) is 4.46. The summed E-state index contributed by atoms with van der Waals surface area (Å²) in [6.07, 6.45) is 2.72. The minimum Gasteiger partial charge on any atom is -0.311 e. The molecule has 1 N–H and O–H groups in total. The molecule has 0 atom stereocenters. The molecular weight excluding hydrogens is 300 g/mol. The van der Waals surface area contributed by atoms with Gasteiger partial charge in [-0.1, -0.05) is 33.6 Å². The number of hydrogen-bond donors (Lipinski definition) is 1. The van der Waals surface area contributed by atoms with Gasteiger partial charge in [0, 0.05) is 29.1 Å². The van der Waals surface area contributed by atoms with Crippen LogP contribution in [0.25, 0.3) is 0 Å². The van der Waals surface area contributed by atoms with Gasteiger partial charge in [0.15, 0.2) is 0 Å². The van der Waals surface area contributed by atoms with Gasteiger partial charge in [-0.3, -0.25) is 0 Å². The molecule has 1 saturated heterocycles. The van der Waals surface area contributed by atoms with Crippen molar-refractivity contribution in [3.63, 3.8) is 0 Å². The minimum atomic E-state index is 0.827. The standard InChI is InChI=1S/C13H18BrClN2/c14-12-4-3-11(13(15)9-12)10-16-5-8-17-6-1-2-7-17/h3-4,9,16H,1-2,5-8,10H2. The first-order chi connectivity index (χ1) is 8.25. The van der Waals surface area contributed by atoms with Crippen molar-refractivity contribution in [1.29, 1.82) is 0 Å². The van der Waals surface area contributed by atoms with Crippen molar-refractivity contribution >= 4 is 27.5 Å². The summed E-state index contributed by atoms with van der Waals surface area (Å²) in [4.78, 5) is 2.51. The van der Waals surface area contributed by atoms with Gasteiger partial charge in [-0.15, -0.1) is 0 Å². The molecule has 1 aliphatic rings. The van der Waals surface area contributed by atoms with Gasteiger partial charge in [0.25, 0.3) is 0 Å². The van der Waals surface area contributed by atoms with Crippen molar-refractivity contribution in [3.05, 3.63) is 33.3 Å². The monoisotopic (exact) mass is 316 g/mol. The summed E-state index contributed by atoms with van der Waals surface area (Å²) in [6, 6.07) is 6.04. The maximum atomic E-state index is 6.16. The topological polar surface area (TPSA) is 15.3 Å². The SMILES string of the molecule is Clc1cc(Br)ccc1CNCCN1CCCC1. The lowest BCUT2D eigenvalue weighted by atomic mass is 10.2. The van der Waals surface area contributed by atoms with Gasteiger partial charge < -0.3 is 10.2 Å². The van der Waals surface area contributed by atoms with Crippen molar-refractivity contribution in [2.75, 3.05) is 26.2 Å². The van der Waals surface area contributed by atoms with Crippen LogP contribution in [0.5, 0.6) is 0 Å². The van der Waals surface area contributed by atoms with Crippen molar-refractivity contribution < 1.29 is 0 Å². The van der Waals surface area contributed by atoms with E-state index in [9.17, 15) is 0 Å². The third-order valence-corrected chi connectivity index (χ3v) is 3.98. The molecule has 0 spiro atoms. The molecular formula is C13H18BrClN2. The van der Waals surface area contributed by atoms with Crippen LogP contribution in [-0.2, 0) is 6.54 Å². The Hall–Kier alpha value is -0.0900. The normalized spacial score (nSPS) is 16.6. The molecule has 2 rings (SSSR count). The Morgan fingerprint density at radius 3 is 2.76 bits per heavy atom. The van der Waals surface area contributed by atoms with E-state index in [-0.39, 0.29) is 0 Å². The summed E-state index contributed by atoms with van der Waals surface area (Å²) < 4.78 is 1.03. The molecule has 17 heavy (non-hydrogen) atoms. The highest BCUT2D eigenvalue weighted by Gasteiger charge is 2.10. The number of nitrogens with one attached hydrogen (secondary N) is 1. The van der Waals surface area contributed by atoms with E-state index in [2.05, 4.69) is 32.2 Å². The molecule has 1 aliphatic heterocycles. The molecule has 1 fully saturated rings. The average Bonchev–Trinajstić information content (AvgIpc) is 2.79. The summed E-state index contributed by atoms with van der Waals surface area (Å²) in [5.74, 6) is 0. The second-order valence-corrected chi connectivity index (χ2v) is 5.78. The molecule has 0 aliphatic carbocycles. The number of rotatable bonds is 5. The minimum absolute atomic E-state index is 0.827. The van der Waals surface area contributed by atoms with Crippen LogP contribution in [0.15, 0.2) is 22.7 Å². The molecule has 0 amide bonds. The van der Waals surface area contributed by atoms with Crippen molar-refractivity contribution in [3.8, 4) is 0 Å².